The van der Waals surface area contributed by atoms with Crippen LogP contribution in [0.2, 0.25) is 0 Å². The molecule has 29 heavy (non-hydrogen) atoms. The van der Waals surface area contributed by atoms with Gasteiger partial charge in [0.25, 0.3) is 0 Å². The van der Waals surface area contributed by atoms with E-state index in [1.807, 2.05) is 80.5 Å². The molecule has 1 aliphatic heterocycles. The summed E-state index contributed by atoms with van der Waals surface area (Å²) in [6.45, 7) is 1.95. The molecule has 0 atom stereocenters. The molecule has 0 spiro atoms. The van der Waals surface area contributed by atoms with Gasteiger partial charge in [0.05, 0.1) is 16.1 Å². The summed E-state index contributed by atoms with van der Waals surface area (Å²) in [7, 11) is 3.80. The zero-order valence-corrected chi connectivity index (χ0v) is 17.1. The number of aryl methyl sites for hydroxylation is 1. The minimum absolute atomic E-state index is 0.0235. The van der Waals surface area contributed by atoms with E-state index in [1.54, 1.807) is 0 Å². The molecule has 5 rings (SSSR count). The van der Waals surface area contributed by atoms with Gasteiger partial charge in [0.1, 0.15) is 16.4 Å². The lowest BCUT2D eigenvalue weighted by molar-refractivity contribution is 0.105. The largest absolute Gasteiger partial charge is 0.347 e. The highest BCUT2D eigenvalue weighted by Gasteiger charge is 2.36. The van der Waals surface area contributed by atoms with Crippen LogP contribution in [0, 0.1) is 6.92 Å². The van der Waals surface area contributed by atoms with E-state index in [4.69, 9.17) is 15.0 Å². The number of carbonyl (C=O) groups is 1. The Kier molecular flexibility index (Phi) is 4.03. The van der Waals surface area contributed by atoms with E-state index in [9.17, 15) is 4.79 Å². The molecule has 0 N–H and O–H groups in total. The molecular formula is C23H18N4OS. The number of aliphatic imine (C=N–C) groups is 2. The molecule has 0 radical (unpaired) electrons. The van der Waals surface area contributed by atoms with Crippen molar-refractivity contribution < 1.29 is 4.79 Å². The summed E-state index contributed by atoms with van der Waals surface area (Å²) in [5.74, 6) is 0.576. The Labute approximate surface area is 172 Å². The van der Waals surface area contributed by atoms with Gasteiger partial charge in [0.15, 0.2) is 5.78 Å². The van der Waals surface area contributed by atoms with Crippen molar-refractivity contribution in [2.45, 2.75) is 6.92 Å². The molecule has 3 aromatic rings. The van der Waals surface area contributed by atoms with Gasteiger partial charge < -0.3 is 4.90 Å². The highest BCUT2D eigenvalue weighted by atomic mass is 32.1. The maximum atomic E-state index is 13.5. The Morgan fingerprint density at radius 3 is 2.31 bits per heavy atom. The van der Waals surface area contributed by atoms with Gasteiger partial charge in [0, 0.05) is 30.8 Å². The summed E-state index contributed by atoms with van der Waals surface area (Å²) in [5.41, 5.74) is 5.36. The number of allylic oxidation sites excluding steroid dienone is 2. The number of fused-ring (bicyclic) bond motifs is 3. The van der Waals surface area contributed by atoms with Crippen LogP contribution in [-0.4, -0.2) is 41.4 Å². The Bertz CT molecular complexity index is 1250. The quantitative estimate of drug-likeness (QED) is 0.641. The maximum Gasteiger partial charge on any atom is 0.226 e. The van der Waals surface area contributed by atoms with Crippen LogP contribution in [0.4, 0.5) is 0 Å². The predicted octanol–water partition coefficient (Wildman–Crippen LogP) is 4.45. The average molecular weight is 398 g/mol. The van der Waals surface area contributed by atoms with Crippen molar-refractivity contribution in [2.75, 3.05) is 14.1 Å². The molecule has 1 aromatic heterocycles. The number of aromatic nitrogens is 1. The molecule has 0 saturated carbocycles. The zero-order chi connectivity index (χ0) is 20.1. The molecule has 2 aliphatic rings. The number of benzene rings is 2. The molecule has 5 nitrogen and oxygen atoms in total. The van der Waals surface area contributed by atoms with Gasteiger partial charge in [-0.25, -0.2) is 15.0 Å². The number of guanidine groups is 1. The zero-order valence-electron chi connectivity index (χ0n) is 16.3. The molecule has 0 fully saturated rings. The normalized spacial score (nSPS) is 15.1. The van der Waals surface area contributed by atoms with E-state index in [2.05, 4.69) is 0 Å². The van der Waals surface area contributed by atoms with Crippen LogP contribution >= 0.6 is 11.3 Å². The number of thiazole rings is 1. The number of hydrogen-bond donors (Lipinski definition) is 0. The van der Waals surface area contributed by atoms with Crippen LogP contribution in [0.3, 0.4) is 0 Å². The van der Waals surface area contributed by atoms with Crippen molar-refractivity contribution in [3.05, 3.63) is 82.0 Å². The topological polar surface area (TPSA) is 57.9 Å². The van der Waals surface area contributed by atoms with Crippen LogP contribution < -0.4 is 0 Å². The third-order valence-corrected chi connectivity index (χ3v) is 6.21. The fourth-order valence-corrected chi connectivity index (χ4v) is 4.68. The third kappa shape index (κ3) is 2.76. The summed E-state index contributed by atoms with van der Waals surface area (Å²) in [5, 5.41) is 0.895. The van der Waals surface area contributed by atoms with Crippen molar-refractivity contribution in [1.82, 2.24) is 9.88 Å². The van der Waals surface area contributed by atoms with Crippen LogP contribution in [0.25, 0.3) is 16.1 Å². The molecule has 0 saturated heterocycles. The summed E-state index contributed by atoms with van der Waals surface area (Å²) in [6.07, 6.45) is 0. The lowest BCUT2D eigenvalue weighted by Crippen LogP contribution is -2.20. The van der Waals surface area contributed by atoms with E-state index in [0.29, 0.717) is 22.8 Å². The minimum Gasteiger partial charge on any atom is -0.347 e. The van der Waals surface area contributed by atoms with Gasteiger partial charge in [-0.1, -0.05) is 54.6 Å². The number of Topliss-reactive ketones (excluding diaryl/α,β-unsaturated/α-hetero) is 1. The average Bonchev–Trinajstić information content (AvgIpc) is 3.34. The molecule has 142 valence electrons. The van der Waals surface area contributed by atoms with E-state index in [1.165, 1.54) is 11.3 Å². The summed E-state index contributed by atoms with van der Waals surface area (Å²) in [4.78, 5) is 30.4. The van der Waals surface area contributed by atoms with E-state index in [0.717, 1.165) is 32.4 Å². The molecule has 0 amide bonds. The summed E-state index contributed by atoms with van der Waals surface area (Å²) in [6, 6.07) is 17.6. The predicted molar refractivity (Wildman–Crippen MR) is 118 cm³/mol. The Morgan fingerprint density at radius 1 is 0.897 bits per heavy atom. The van der Waals surface area contributed by atoms with Crippen molar-refractivity contribution in [3.63, 3.8) is 0 Å². The number of carbonyl (C=O) groups excluding carboxylic acids is 1. The fraction of sp³-hybridized carbons (Fsp3) is 0.130. The summed E-state index contributed by atoms with van der Waals surface area (Å²) < 4.78 is 0. The number of nitrogens with zero attached hydrogens (tertiary/aromatic N) is 4. The molecule has 0 unspecified atom stereocenters. The molecule has 0 bridgehead atoms. The lowest BCUT2D eigenvalue weighted by atomic mass is 9.86. The van der Waals surface area contributed by atoms with Crippen LogP contribution in [0.5, 0.6) is 0 Å². The second kappa shape index (κ2) is 6.60. The Morgan fingerprint density at radius 2 is 1.59 bits per heavy atom. The van der Waals surface area contributed by atoms with Crippen molar-refractivity contribution in [2.24, 2.45) is 9.98 Å². The third-order valence-electron chi connectivity index (χ3n) is 4.98. The highest BCUT2D eigenvalue weighted by molar-refractivity contribution is 7.16. The smallest absolute Gasteiger partial charge is 0.226 e. The first-order valence-electron chi connectivity index (χ1n) is 9.31. The number of hydrogen-bond acceptors (Lipinski definition) is 6. The molecular weight excluding hydrogens is 380 g/mol. The molecule has 2 aromatic carbocycles. The first-order valence-corrected chi connectivity index (χ1v) is 10.1. The van der Waals surface area contributed by atoms with Crippen LogP contribution in [-0.2, 0) is 0 Å². The van der Waals surface area contributed by atoms with Gasteiger partial charge in [-0.3, -0.25) is 4.79 Å². The van der Waals surface area contributed by atoms with E-state index >= 15 is 0 Å². The van der Waals surface area contributed by atoms with Crippen LogP contribution in [0.15, 0.2) is 70.3 Å². The number of ketones is 1. The second-order valence-corrected chi connectivity index (χ2v) is 8.16. The Balaban J connectivity index is 1.74. The van der Waals surface area contributed by atoms with Gasteiger partial charge in [-0.05, 0) is 6.92 Å². The minimum atomic E-state index is -0.0235. The second-order valence-electron chi connectivity index (χ2n) is 7.16. The highest BCUT2D eigenvalue weighted by Crippen LogP contribution is 2.40. The van der Waals surface area contributed by atoms with Crippen molar-refractivity contribution >= 4 is 34.4 Å². The number of rotatable bonds is 2. The molecule has 2 heterocycles. The molecule has 1 aliphatic carbocycles. The maximum absolute atomic E-state index is 13.5. The molecule has 6 heteroatoms. The first-order chi connectivity index (χ1) is 14.0. The first kappa shape index (κ1) is 17.7. The van der Waals surface area contributed by atoms with Gasteiger partial charge in [-0.15, -0.1) is 11.3 Å². The lowest BCUT2D eigenvalue weighted by Gasteiger charge is -2.18. The standard InChI is InChI=1S/C23H18N4OS/c1-13-21(29-22(24-13)14-9-5-4-6-10-14)17-19-18(25-23(26-19)27(2)3)15-11-7-8-12-16(15)20(17)28/h4-12H,1-3H3. The Hall–Kier alpha value is -3.38. The monoisotopic (exact) mass is 398 g/mol. The van der Waals surface area contributed by atoms with E-state index in [-0.39, 0.29) is 5.78 Å². The van der Waals surface area contributed by atoms with Crippen LogP contribution in [0.1, 0.15) is 26.5 Å². The SMILES string of the molecule is Cc1nc(-c2ccccc2)sc1C1=C2N=C(N(C)C)N=C2c2ccccc2C1=O. The van der Waals surface area contributed by atoms with E-state index < -0.39 is 0 Å². The van der Waals surface area contributed by atoms with Gasteiger partial charge >= 0.3 is 0 Å². The van der Waals surface area contributed by atoms with Crippen molar-refractivity contribution in [3.8, 4) is 10.6 Å². The fourth-order valence-electron chi connectivity index (χ4n) is 3.57. The van der Waals surface area contributed by atoms with Gasteiger partial charge in [0.2, 0.25) is 5.96 Å². The van der Waals surface area contributed by atoms with Gasteiger partial charge in [-0.2, -0.15) is 0 Å². The summed E-state index contributed by atoms with van der Waals surface area (Å²) >= 11 is 1.53. The van der Waals surface area contributed by atoms with Crippen molar-refractivity contribution in [1.29, 1.82) is 0 Å².